The van der Waals surface area contributed by atoms with Gasteiger partial charge in [-0.25, -0.2) is 0 Å². The van der Waals surface area contributed by atoms with Gasteiger partial charge in [-0.05, 0) is 37.8 Å². The predicted molar refractivity (Wildman–Crippen MR) is 64.3 cm³/mol. The molecular weight excluding hydrogens is 204 g/mol. The summed E-state index contributed by atoms with van der Waals surface area (Å²) < 4.78 is 4.92. The summed E-state index contributed by atoms with van der Waals surface area (Å²) in [6.07, 6.45) is 2.55. The second-order valence-corrected chi connectivity index (χ2v) is 4.63. The van der Waals surface area contributed by atoms with Crippen LogP contribution < -0.4 is 10.6 Å². The Morgan fingerprint density at radius 3 is 3.06 bits per heavy atom. The van der Waals surface area contributed by atoms with Gasteiger partial charge in [0.2, 0.25) is 5.91 Å². The molecule has 4 nitrogen and oxygen atoms in total. The third kappa shape index (κ3) is 4.94. The molecule has 1 heterocycles. The van der Waals surface area contributed by atoms with Crippen LogP contribution in [-0.4, -0.2) is 39.3 Å². The van der Waals surface area contributed by atoms with Gasteiger partial charge in [0, 0.05) is 26.7 Å². The number of amides is 1. The van der Waals surface area contributed by atoms with E-state index in [1.165, 1.54) is 6.42 Å². The first-order valence-corrected chi connectivity index (χ1v) is 6.20. The lowest BCUT2D eigenvalue weighted by Crippen LogP contribution is -2.41. The minimum absolute atomic E-state index is 0.155. The molecule has 0 radical (unpaired) electrons. The van der Waals surface area contributed by atoms with Gasteiger partial charge in [-0.15, -0.1) is 0 Å². The van der Waals surface area contributed by atoms with Crippen molar-refractivity contribution >= 4 is 5.91 Å². The molecule has 4 heteroatoms. The molecule has 0 spiro atoms. The van der Waals surface area contributed by atoms with Gasteiger partial charge in [0.05, 0.1) is 0 Å². The third-order valence-electron chi connectivity index (χ3n) is 3.28. The maximum Gasteiger partial charge on any atom is 0.220 e. The minimum Gasteiger partial charge on any atom is -0.385 e. The average molecular weight is 228 g/mol. The van der Waals surface area contributed by atoms with E-state index in [1.807, 2.05) is 0 Å². The summed E-state index contributed by atoms with van der Waals surface area (Å²) in [4.78, 5) is 11.5. The Hall–Kier alpha value is -0.610. The molecule has 0 aromatic carbocycles. The summed E-state index contributed by atoms with van der Waals surface area (Å²) in [5.74, 6) is 1.45. The van der Waals surface area contributed by atoms with Crippen LogP contribution in [0.5, 0.6) is 0 Å². The highest BCUT2D eigenvalue weighted by Gasteiger charge is 2.21. The predicted octanol–water partition coefficient (Wildman–Crippen LogP) is 0.775. The van der Waals surface area contributed by atoms with Crippen molar-refractivity contribution in [3.8, 4) is 0 Å². The van der Waals surface area contributed by atoms with E-state index in [9.17, 15) is 4.79 Å². The SMILES string of the molecule is COCCCC(=O)NCC1CCNCC1C. The second-order valence-electron chi connectivity index (χ2n) is 4.63. The summed E-state index contributed by atoms with van der Waals surface area (Å²) in [5.41, 5.74) is 0. The monoisotopic (exact) mass is 228 g/mol. The van der Waals surface area contributed by atoms with Crippen molar-refractivity contribution in [2.75, 3.05) is 33.4 Å². The van der Waals surface area contributed by atoms with Crippen LogP contribution in [0.2, 0.25) is 0 Å². The fourth-order valence-corrected chi connectivity index (χ4v) is 2.08. The fourth-order valence-electron chi connectivity index (χ4n) is 2.08. The zero-order valence-electron chi connectivity index (χ0n) is 10.4. The molecule has 0 aliphatic carbocycles. The molecule has 1 amide bonds. The first kappa shape index (κ1) is 13.5. The number of hydrogen-bond acceptors (Lipinski definition) is 3. The number of piperidine rings is 1. The van der Waals surface area contributed by atoms with Gasteiger partial charge >= 0.3 is 0 Å². The Labute approximate surface area is 98.1 Å². The highest BCUT2D eigenvalue weighted by molar-refractivity contribution is 5.75. The molecule has 0 aromatic heterocycles. The molecule has 1 aliphatic heterocycles. The van der Waals surface area contributed by atoms with Crippen molar-refractivity contribution < 1.29 is 9.53 Å². The molecule has 1 rings (SSSR count). The summed E-state index contributed by atoms with van der Waals surface area (Å²) in [6, 6.07) is 0. The van der Waals surface area contributed by atoms with Gasteiger partial charge in [0.1, 0.15) is 0 Å². The largest absolute Gasteiger partial charge is 0.385 e. The van der Waals surface area contributed by atoms with Crippen molar-refractivity contribution in [2.24, 2.45) is 11.8 Å². The molecule has 0 saturated carbocycles. The first-order valence-electron chi connectivity index (χ1n) is 6.20. The van der Waals surface area contributed by atoms with Gasteiger partial charge in [-0.2, -0.15) is 0 Å². The highest BCUT2D eigenvalue weighted by atomic mass is 16.5. The van der Waals surface area contributed by atoms with Crippen LogP contribution in [0.15, 0.2) is 0 Å². The zero-order valence-corrected chi connectivity index (χ0v) is 10.4. The van der Waals surface area contributed by atoms with Crippen molar-refractivity contribution in [3.05, 3.63) is 0 Å². The molecule has 0 bridgehead atoms. The summed E-state index contributed by atoms with van der Waals surface area (Å²) >= 11 is 0. The molecule has 2 N–H and O–H groups in total. The van der Waals surface area contributed by atoms with E-state index in [2.05, 4.69) is 17.6 Å². The summed E-state index contributed by atoms with van der Waals surface area (Å²) in [6.45, 7) is 5.89. The van der Waals surface area contributed by atoms with Gasteiger partial charge in [-0.1, -0.05) is 6.92 Å². The Bertz CT molecular complexity index is 209. The lowest BCUT2D eigenvalue weighted by atomic mass is 9.88. The number of carbonyl (C=O) groups excluding carboxylic acids is 1. The standard InChI is InChI=1S/C12H24N2O2/c1-10-8-13-6-5-11(10)9-14-12(15)4-3-7-16-2/h10-11,13H,3-9H2,1-2H3,(H,14,15). The van der Waals surface area contributed by atoms with Crippen LogP contribution in [0.4, 0.5) is 0 Å². The second kappa shape index (κ2) is 7.63. The maximum atomic E-state index is 11.5. The molecule has 0 aromatic rings. The lowest BCUT2D eigenvalue weighted by molar-refractivity contribution is -0.121. The Morgan fingerprint density at radius 1 is 1.56 bits per heavy atom. The van der Waals surface area contributed by atoms with Crippen LogP contribution in [0, 0.1) is 11.8 Å². The van der Waals surface area contributed by atoms with Crippen LogP contribution in [0.25, 0.3) is 0 Å². The van der Waals surface area contributed by atoms with Gasteiger partial charge in [-0.3, -0.25) is 4.79 Å². The van der Waals surface area contributed by atoms with Gasteiger partial charge < -0.3 is 15.4 Å². The molecule has 1 fully saturated rings. The quantitative estimate of drug-likeness (QED) is 0.660. The first-order chi connectivity index (χ1) is 7.74. The van der Waals surface area contributed by atoms with Crippen LogP contribution in [0.3, 0.4) is 0 Å². The number of carbonyl (C=O) groups is 1. The smallest absolute Gasteiger partial charge is 0.220 e. The van der Waals surface area contributed by atoms with Crippen molar-refractivity contribution in [3.63, 3.8) is 0 Å². The number of methoxy groups -OCH3 is 1. The number of ether oxygens (including phenoxy) is 1. The van der Waals surface area contributed by atoms with Crippen molar-refractivity contribution in [1.82, 2.24) is 10.6 Å². The number of hydrogen-bond donors (Lipinski definition) is 2. The van der Waals surface area contributed by atoms with Gasteiger partial charge in [0.15, 0.2) is 0 Å². The van der Waals surface area contributed by atoms with Crippen molar-refractivity contribution in [1.29, 1.82) is 0 Å². The van der Waals surface area contributed by atoms with E-state index in [-0.39, 0.29) is 5.91 Å². The third-order valence-corrected chi connectivity index (χ3v) is 3.28. The Kier molecular flexibility index (Phi) is 6.42. The summed E-state index contributed by atoms with van der Waals surface area (Å²) in [5, 5.41) is 6.38. The summed E-state index contributed by atoms with van der Waals surface area (Å²) in [7, 11) is 1.66. The highest BCUT2D eigenvalue weighted by Crippen LogP contribution is 2.17. The fraction of sp³-hybridized carbons (Fsp3) is 0.917. The molecule has 16 heavy (non-hydrogen) atoms. The van der Waals surface area contributed by atoms with E-state index in [0.29, 0.717) is 24.9 Å². The molecule has 2 atom stereocenters. The normalized spacial score (nSPS) is 25.4. The molecule has 2 unspecified atom stereocenters. The zero-order chi connectivity index (χ0) is 11.8. The van der Waals surface area contributed by atoms with Crippen LogP contribution in [0.1, 0.15) is 26.2 Å². The van der Waals surface area contributed by atoms with E-state index in [4.69, 9.17) is 4.74 Å². The maximum absolute atomic E-state index is 11.5. The molecule has 1 saturated heterocycles. The molecular formula is C12H24N2O2. The van der Waals surface area contributed by atoms with Crippen LogP contribution >= 0.6 is 0 Å². The van der Waals surface area contributed by atoms with E-state index >= 15 is 0 Å². The van der Waals surface area contributed by atoms with E-state index in [1.54, 1.807) is 7.11 Å². The Morgan fingerprint density at radius 2 is 2.38 bits per heavy atom. The lowest BCUT2D eigenvalue weighted by Gasteiger charge is -2.29. The molecule has 1 aliphatic rings. The van der Waals surface area contributed by atoms with E-state index in [0.717, 1.165) is 26.1 Å². The number of nitrogens with one attached hydrogen (secondary N) is 2. The van der Waals surface area contributed by atoms with Crippen molar-refractivity contribution in [2.45, 2.75) is 26.2 Å². The topological polar surface area (TPSA) is 50.4 Å². The van der Waals surface area contributed by atoms with Gasteiger partial charge in [0.25, 0.3) is 0 Å². The van der Waals surface area contributed by atoms with Crippen LogP contribution in [-0.2, 0) is 9.53 Å². The Balaban J connectivity index is 2.10. The number of rotatable bonds is 6. The minimum atomic E-state index is 0.155. The van der Waals surface area contributed by atoms with E-state index < -0.39 is 0 Å². The average Bonchev–Trinajstić information content (AvgIpc) is 2.28. The molecule has 94 valence electrons.